The van der Waals surface area contributed by atoms with Crippen LogP contribution >= 0.6 is 11.3 Å². The average Bonchev–Trinajstić information content (AvgIpc) is 3.02. The highest BCUT2D eigenvalue weighted by molar-refractivity contribution is 7.12. The number of carbonyl (C=O) groups is 1. The highest BCUT2D eigenvalue weighted by atomic mass is 32.1. The van der Waals surface area contributed by atoms with Crippen LogP contribution in [0.1, 0.15) is 21.7 Å². The van der Waals surface area contributed by atoms with Crippen LogP contribution in [0.2, 0.25) is 0 Å². The van der Waals surface area contributed by atoms with E-state index in [9.17, 15) is 4.79 Å². The van der Waals surface area contributed by atoms with Gasteiger partial charge in [0.1, 0.15) is 12.4 Å². The summed E-state index contributed by atoms with van der Waals surface area (Å²) in [4.78, 5) is 14.5. The van der Waals surface area contributed by atoms with Crippen molar-refractivity contribution in [1.82, 2.24) is 15.1 Å². The molecule has 0 atom stereocenters. The minimum absolute atomic E-state index is 0.0448. The van der Waals surface area contributed by atoms with Crippen LogP contribution in [-0.2, 0) is 30.7 Å². The zero-order valence-corrected chi connectivity index (χ0v) is 11.4. The van der Waals surface area contributed by atoms with E-state index in [1.165, 1.54) is 34.6 Å². The van der Waals surface area contributed by atoms with Gasteiger partial charge in [-0.15, -0.1) is 11.3 Å². The van der Waals surface area contributed by atoms with E-state index < -0.39 is 0 Å². The first kappa shape index (κ1) is 12.2. The van der Waals surface area contributed by atoms with Gasteiger partial charge in [0.25, 0.3) is 0 Å². The normalized spacial score (nSPS) is 13.5. The van der Waals surface area contributed by atoms with Crippen molar-refractivity contribution in [1.29, 1.82) is 0 Å². The second-order valence-corrected chi connectivity index (χ2v) is 5.95. The Morgan fingerprint density at radius 3 is 3.16 bits per heavy atom. The number of hydrogen-bond acceptors (Lipinski definition) is 4. The average molecular weight is 276 g/mol. The van der Waals surface area contributed by atoms with Crippen LogP contribution in [0.4, 0.5) is 5.82 Å². The zero-order valence-electron chi connectivity index (χ0n) is 10.6. The molecule has 1 aliphatic carbocycles. The first-order valence-electron chi connectivity index (χ1n) is 6.37. The van der Waals surface area contributed by atoms with Gasteiger partial charge in [0.05, 0.1) is 6.54 Å². The molecular weight excluding hydrogens is 260 g/mol. The number of aromatic nitrogens is 2. The first-order chi connectivity index (χ1) is 9.20. The van der Waals surface area contributed by atoms with Crippen LogP contribution in [0.5, 0.6) is 0 Å². The van der Waals surface area contributed by atoms with Gasteiger partial charge in [0.2, 0.25) is 5.91 Å². The summed E-state index contributed by atoms with van der Waals surface area (Å²) in [6.45, 7) is 0.815. The summed E-state index contributed by atoms with van der Waals surface area (Å²) in [5, 5.41) is 6.90. The summed E-state index contributed by atoms with van der Waals surface area (Å²) >= 11 is 1.82. The lowest BCUT2D eigenvalue weighted by molar-refractivity contribution is -0.122. The van der Waals surface area contributed by atoms with Crippen LogP contribution in [0, 0.1) is 0 Å². The summed E-state index contributed by atoms with van der Waals surface area (Å²) < 4.78 is 1.54. The first-order valence-corrected chi connectivity index (χ1v) is 7.18. The molecule has 3 rings (SSSR count). The van der Waals surface area contributed by atoms with E-state index in [0.717, 1.165) is 0 Å². The Labute approximate surface area is 115 Å². The molecule has 1 aliphatic rings. The SMILES string of the molecule is Nc1ccn(CC(=O)NCc2cc3c(s2)CCC3)n1. The van der Waals surface area contributed by atoms with E-state index in [1.807, 2.05) is 11.3 Å². The molecule has 1 amide bonds. The maximum absolute atomic E-state index is 11.8. The Kier molecular flexibility index (Phi) is 3.25. The quantitative estimate of drug-likeness (QED) is 0.885. The molecule has 0 bridgehead atoms. The van der Waals surface area contributed by atoms with Gasteiger partial charge in [0.15, 0.2) is 0 Å². The number of nitrogen functional groups attached to an aromatic ring is 1. The van der Waals surface area contributed by atoms with E-state index in [4.69, 9.17) is 5.73 Å². The molecule has 5 nitrogen and oxygen atoms in total. The molecule has 0 aromatic carbocycles. The highest BCUT2D eigenvalue weighted by Crippen LogP contribution is 2.30. The molecule has 0 saturated carbocycles. The minimum Gasteiger partial charge on any atom is -0.382 e. The number of thiophene rings is 1. The third kappa shape index (κ3) is 2.78. The van der Waals surface area contributed by atoms with Crippen molar-refractivity contribution in [3.63, 3.8) is 0 Å². The van der Waals surface area contributed by atoms with Gasteiger partial charge in [-0.25, -0.2) is 0 Å². The number of nitrogens with two attached hydrogens (primary N) is 1. The van der Waals surface area contributed by atoms with E-state index in [0.29, 0.717) is 12.4 Å². The van der Waals surface area contributed by atoms with Crippen molar-refractivity contribution in [3.05, 3.63) is 33.6 Å². The molecule has 3 N–H and O–H groups in total. The van der Waals surface area contributed by atoms with E-state index in [2.05, 4.69) is 16.5 Å². The van der Waals surface area contributed by atoms with Crippen molar-refractivity contribution in [2.24, 2.45) is 0 Å². The number of anilines is 1. The second-order valence-electron chi connectivity index (χ2n) is 4.73. The van der Waals surface area contributed by atoms with E-state index in [-0.39, 0.29) is 12.5 Å². The van der Waals surface area contributed by atoms with Crippen molar-refractivity contribution in [3.8, 4) is 0 Å². The summed E-state index contributed by atoms with van der Waals surface area (Å²) in [6.07, 6.45) is 5.36. The molecular formula is C13H16N4OS. The Morgan fingerprint density at radius 1 is 1.53 bits per heavy atom. The molecule has 19 heavy (non-hydrogen) atoms. The highest BCUT2D eigenvalue weighted by Gasteiger charge is 2.15. The third-order valence-corrected chi connectivity index (χ3v) is 4.46. The number of hydrogen-bond donors (Lipinski definition) is 2. The number of carbonyl (C=O) groups excluding carboxylic acids is 1. The predicted octanol–water partition coefficient (Wildman–Crippen LogP) is 1.33. The van der Waals surface area contributed by atoms with Gasteiger partial charge in [-0.2, -0.15) is 5.10 Å². The number of aryl methyl sites for hydroxylation is 2. The topological polar surface area (TPSA) is 72.9 Å². The molecule has 100 valence electrons. The van der Waals surface area contributed by atoms with E-state index in [1.54, 1.807) is 16.9 Å². The lowest BCUT2D eigenvalue weighted by Gasteiger charge is -2.03. The van der Waals surface area contributed by atoms with Crippen molar-refractivity contribution in [2.45, 2.75) is 32.4 Å². The number of nitrogens with one attached hydrogen (secondary N) is 1. The van der Waals surface area contributed by atoms with Crippen LogP contribution in [0.15, 0.2) is 18.3 Å². The van der Waals surface area contributed by atoms with Crippen LogP contribution in [-0.4, -0.2) is 15.7 Å². The Balaban J connectivity index is 1.52. The maximum atomic E-state index is 11.8. The Morgan fingerprint density at radius 2 is 2.42 bits per heavy atom. The fraction of sp³-hybridized carbons (Fsp3) is 0.385. The predicted molar refractivity (Wildman–Crippen MR) is 74.8 cm³/mol. The molecule has 0 saturated heterocycles. The number of amides is 1. The summed E-state index contributed by atoms with van der Waals surface area (Å²) in [7, 11) is 0. The monoisotopic (exact) mass is 276 g/mol. The second kappa shape index (κ2) is 5.05. The number of fused-ring (bicyclic) bond motifs is 1. The Hall–Kier alpha value is -1.82. The smallest absolute Gasteiger partial charge is 0.242 e. The lowest BCUT2D eigenvalue weighted by Crippen LogP contribution is -2.27. The molecule has 0 spiro atoms. The van der Waals surface area contributed by atoms with Gasteiger partial charge in [-0.3, -0.25) is 9.48 Å². The van der Waals surface area contributed by atoms with Gasteiger partial charge in [-0.1, -0.05) is 0 Å². The van der Waals surface area contributed by atoms with Crippen molar-refractivity contribution < 1.29 is 4.79 Å². The maximum Gasteiger partial charge on any atom is 0.242 e. The van der Waals surface area contributed by atoms with Crippen molar-refractivity contribution >= 4 is 23.1 Å². The molecule has 0 aliphatic heterocycles. The summed E-state index contributed by atoms with van der Waals surface area (Å²) in [6, 6.07) is 3.90. The molecule has 0 fully saturated rings. The van der Waals surface area contributed by atoms with Crippen LogP contribution in [0.25, 0.3) is 0 Å². The third-order valence-electron chi connectivity index (χ3n) is 3.22. The van der Waals surface area contributed by atoms with Crippen molar-refractivity contribution in [2.75, 3.05) is 5.73 Å². The summed E-state index contributed by atoms with van der Waals surface area (Å²) in [5.41, 5.74) is 6.97. The number of nitrogens with zero attached hydrogens (tertiary/aromatic N) is 2. The minimum atomic E-state index is -0.0448. The molecule has 2 heterocycles. The van der Waals surface area contributed by atoms with E-state index >= 15 is 0 Å². The molecule has 2 aromatic heterocycles. The largest absolute Gasteiger partial charge is 0.382 e. The molecule has 0 radical (unpaired) electrons. The fourth-order valence-electron chi connectivity index (χ4n) is 2.33. The zero-order chi connectivity index (χ0) is 13.2. The van der Waals surface area contributed by atoms with Crippen LogP contribution in [0.3, 0.4) is 0 Å². The summed E-state index contributed by atoms with van der Waals surface area (Å²) in [5.74, 6) is 0.388. The Bertz CT molecular complexity index is 580. The van der Waals surface area contributed by atoms with Gasteiger partial charge in [0, 0.05) is 16.0 Å². The van der Waals surface area contributed by atoms with Crippen LogP contribution < -0.4 is 11.1 Å². The fourth-order valence-corrected chi connectivity index (χ4v) is 3.53. The molecule has 6 heteroatoms. The van der Waals surface area contributed by atoms with Gasteiger partial charge < -0.3 is 11.1 Å². The number of rotatable bonds is 4. The standard InChI is InChI=1S/C13H16N4OS/c14-12-4-5-17(16-12)8-13(18)15-7-10-6-9-2-1-3-11(9)19-10/h4-6H,1-3,7-8H2,(H2,14,16)(H,15,18). The van der Waals surface area contributed by atoms with Gasteiger partial charge in [-0.05, 0) is 37.0 Å². The van der Waals surface area contributed by atoms with Gasteiger partial charge >= 0.3 is 0 Å². The molecule has 2 aromatic rings. The molecule has 0 unspecified atom stereocenters. The lowest BCUT2D eigenvalue weighted by atomic mass is 10.2.